The molecule has 3 heterocycles. The van der Waals surface area contributed by atoms with E-state index in [0.717, 1.165) is 9.86 Å². The normalized spacial score (nSPS) is 13.7. The van der Waals surface area contributed by atoms with E-state index in [0.29, 0.717) is 74.6 Å². The number of furan rings is 1. The lowest BCUT2D eigenvalue weighted by Crippen LogP contribution is -2.43. The highest BCUT2D eigenvalue weighted by atomic mass is 79.9. The van der Waals surface area contributed by atoms with Gasteiger partial charge >= 0.3 is 0 Å². The van der Waals surface area contributed by atoms with E-state index in [-0.39, 0.29) is 23.9 Å². The second kappa shape index (κ2) is 12.6. The van der Waals surface area contributed by atoms with Crippen LogP contribution in [0.3, 0.4) is 0 Å². The van der Waals surface area contributed by atoms with Crippen molar-refractivity contribution in [3.8, 4) is 23.1 Å². The molecule has 220 valence electrons. The average molecular weight is 775 g/mol. The van der Waals surface area contributed by atoms with Crippen molar-refractivity contribution in [3.05, 3.63) is 83.9 Å². The first kappa shape index (κ1) is 29.5. The minimum absolute atomic E-state index is 0.146. The Morgan fingerprint density at radius 3 is 2.65 bits per heavy atom. The SMILES string of the molecule is COc1cc(C=Nn2c(-c3cc4cc(Br)ccc4o3)nc3ccccc3c2=O)c(Br)c(Br)c1OCC(=O)N1CCOCC1. The molecule has 0 bridgehead atoms. The average Bonchev–Trinajstić information content (AvgIpc) is 3.45. The third-order valence-corrected chi connectivity index (χ3v) is 9.48. The van der Waals surface area contributed by atoms with Crippen LogP contribution in [-0.2, 0) is 9.53 Å². The summed E-state index contributed by atoms with van der Waals surface area (Å²) in [5.41, 5.74) is 1.39. The van der Waals surface area contributed by atoms with E-state index in [1.807, 2.05) is 30.3 Å². The number of carbonyl (C=O) groups is 1. The number of halogens is 3. The zero-order valence-electron chi connectivity index (χ0n) is 22.7. The molecule has 10 nitrogen and oxygen atoms in total. The smallest absolute Gasteiger partial charge is 0.282 e. The maximum absolute atomic E-state index is 13.7. The van der Waals surface area contributed by atoms with Crippen LogP contribution in [0.5, 0.6) is 11.5 Å². The molecule has 5 aromatic rings. The van der Waals surface area contributed by atoms with E-state index >= 15 is 0 Å². The molecule has 13 heteroatoms. The zero-order chi connectivity index (χ0) is 30.1. The van der Waals surface area contributed by atoms with Gasteiger partial charge in [0, 0.05) is 33.0 Å². The molecule has 0 aliphatic carbocycles. The van der Waals surface area contributed by atoms with Gasteiger partial charge in [-0.15, -0.1) is 0 Å². The lowest BCUT2D eigenvalue weighted by atomic mass is 10.2. The number of morpholine rings is 1. The third-order valence-electron chi connectivity index (χ3n) is 6.84. The third kappa shape index (κ3) is 5.99. The number of amides is 1. The van der Waals surface area contributed by atoms with Crippen LogP contribution in [0.1, 0.15) is 5.56 Å². The first-order valence-electron chi connectivity index (χ1n) is 13.1. The number of carbonyl (C=O) groups excluding carboxylic acids is 1. The fraction of sp³-hybridized carbons (Fsp3) is 0.200. The van der Waals surface area contributed by atoms with Crippen molar-refractivity contribution in [2.75, 3.05) is 40.0 Å². The van der Waals surface area contributed by atoms with Gasteiger partial charge in [0.1, 0.15) is 5.58 Å². The van der Waals surface area contributed by atoms with Crippen LogP contribution in [-0.4, -0.2) is 66.7 Å². The summed E-state index contributed by atoms with van der Waals surface area (Å²) < 4.78 is 26.1. The summed E-state index contributed by atoms with van der Waals surface area (Å²) in [6.45, 7) is 1.89. The highest BCUT2D eigenvalue weighted by molar-refractivity contribution is 9.13. The second-order valence-corrected chi connectivity index (χ2v) is 12.0. The molecule has 0 unspecified atom stereocenters. The summed E-state index contributed by atoms with van der Waals surface area (Å²) >= 11 is 10.6. The van der Waals surface area contributed by atoms with Crippen LogP contribution in [0.2, 0.25) is 0 Å². The summed E-state index contributed by atoms with van der Waals surface area (Å²) in [5, 5.41) is 5.82. The second-order valence-electron chi connectivity index (χ2n) is 9.51. The number of rotatable bonds is 7. The Kier molecular flexibility index (Phi) is 8.66. The van der Waals surface area contributed by atoms with Gasteiger partial charge in [0.2, 0.25) is 5.82 Å². The van der Waals surface area contributed by atoms with Gasteiger partial charge < -0.3 is 23.5 Å². The number of hydrogen-bond donors (Lipinski definition) is 0. The van der Waals surface area contributed by atoms with Gasteiger partial charge in [-0.25, -0.2) is 4.98 Å². The number of nitrogens with zero attached hydrogens (tertiary/aromatic N) is 4. The topological polar surface area (TPSA) is 108 Å². The van der Waals surface area contributed by atoms with Crippen molar-refractivity contribution in [2.45, 2.75) is 0 Å². The number of fused-ring (bicyclic) bond motifs is 2. The van der Waals surface area contributed by atoms with Gasteiger partial charge in [0.15, 0.2) is 23.9 Å². The molecule has 1 aliphatic heterocycles. The van der Waals surface area contributed by atoms with E-state index in [1.54, 1.807) is 29.2 Å². The standard InChI is InChI=1S/C30H23Br3N4O6/c1-40-23-14-18(26(32)27(33)28(23)42-16-25(38)36-8-10-41-11-9-36)15-34-37-29(35-21-5-3-2-4-20(21)30(37)39)24-13-17-12-19(31)6-7-22(17)43-24/h2-7,12-15H,8-11,16H2,1H3. The first-order valence-corrected chi connectivity index (χ1v) is 15.5. The van der Waals surface area contributed by atoms with Crippen LogP contribution >= 0.6 is 47.8 Å². The molecule has 43 heavy (non-hydrogen) atoms. The van der Waals surface area contributed by atoms with Gasteiger partial charge in [-0.3, -0.25) is 9.59 Å². The molecule has 1 saturated heterocycles. The summed E-state index contributed by atoms with van der Waals surface area (Å²) in [7, 11) is 1.50. The van der Waals surface area contributed by atoms with Crippen LogP contribution in [0.4, 0.5) is 0 Å². The maximum Gasteiger partial charge on any atom is 0.282 e. The summed E-state index contributed by atoms with van der Waals surface area (Å²) in [6, 6.07) is 16.2. The van der Waals surface area contributed by atoms with Gasteiger partial charge in [-0.05, 0) is 74.3 Å². The molecule has 0 spiro atoms. The quantitative estimate of drug-likeness (QED) is 0.181. The zero-order valence-corrected chi connectivity index (χ0v) is 27.4. The predicted octanol–water partition coefficient (Wildman–Crippen LogP) is 6.23. The van der Waals surface area contributed by atoms with Crippen molar-refractivity contribution in [1.82, 2.24) is 14.6 Å². The first-order chi connectivity index (χ1) is 20.8. The lowest BCUT2D eigenvalue weighted by molar-refractivity contribution is -0.137. The van der Waals surface area contributed by atoms with Crippen molar-refractivity contribution < 1.29 is 23.4 Å². The minimum Gasteiger partial charge on any atom is -0.493 e. The summed E-state index contributed by atoms with van der Waals surface area (Å²) in [6.07, 6.45) is 1.51. The van der Waals surface area contributed by atoms with E-state index in [1.165, 1.54) is 18.0 Å². The Hall–Kier alpha value is -3.52. The lowest BCUT2D eigenvalue weighted by Gasteiger charge is -2.27. The van der Waals surface area contributed by atoms with Gasteiger partial charge in [-0.2, -0.15) is 9.78 Å². The van der Waals surface area contributed by atoms with E-state index in [9.17, 15) is 9.59 Å². The Morgan fingerprint density at radius 2 is 1.86 bits per heavy atom. The van der Waals surface area contributed by atoms with Crippen molar-refractivity contribution >= 4 is 81.8 Å². The van der Waals surface area contributed by atoms with Crippen LogP contribution < -0.4 is 15.0 Å². The monoisotopic (exact) mass is 772 g/mol. The molecule has 2 aromatic heterocycles. The Balaban J connectivity index is 1.38. The van der Waals surface area contributed by atoms with E-state index in [4.69, 9.17) is 23.6 Å². The van der Waals surface area contributed by atoms with E-state index < -0.39 is 0 Å². The Morgan fingerprint density at radius 1 is 1.07 bits per heavy atom. The van der Waals surface area contributed by atoms with Crippen molar-refractivity contribution in [1.29, 1.82) is 0 Å². The van der Waals surface area contributed by atoms with Crippen molar-refractivity contribution in [2.24, 2.45) is 5.10 Å². The molecule has 0 atom stereocenters. The van der Waals surface area contributed by atoms with Gasteiger partial charge in [0.05, 0.1) is 41.9 Å². The molecule has 0 N–H and O–H groups in total. The molecule has 6 rings (SSSR count). The van der Waals surface area contributed by atoms with Crippen LogP contribution in [0, 0.1) is 0 Å². The van der Waals surface area contributed by atoms with Gasteiger partial charge in [-0.1, -0.05) is 28.1 Å². The largest absolute Gasteiger partial charge is 0.493 e. The fourth-order valence-electron chi connectivity index (χ4n) is 4.66. The highest BCUT2D eigenvalue weighted by Gasteiger charge is 2.22. The molecule has 1 aliphatic rings. The van der Waals surface area contributed by atoms with E-state index in [2.05, 4.69) is 52.9 Å². The molecule has 1 fully saturated rings. The van der Waals surface area contributed by atoms with Crippen LogP contribution in [0.15, 0.2) is 82.3 Å². The van der Waals surface area contributed by atoms with Crippen molar-refractivity contribution in [3.63, 3.8) is 0 Å². The maximum atomic E-state index is 13.7. The Labute approximate surface area is 270 Å². The number of aromatic nitrogens is 2. The number of methoxy groups -OCH3 is 1. The molecule has 3 aromatic carbocycles. The molecule has 0 radical (unpaired) electrons. The van der Waals surface area contributed by atoms with Gasteiger partial charge in [0.25, 0.3) is 11.5 Å². The minimum atomic E-state index is -0.359. The molecule has 0 saturated carbocycles. The van der Waals surface area contributed by atoms with Crippen LogP contribution in [0.25, 0.3) is 33.5 Å². The Bertz CT molecular complexity index is 1950. The summed E-state index contributed by atoms with van der Waals surface area (Å²) in [4.78, 5) is 32.8. The fourth-order valence-corrected chi connectivity index (χ4v) is 5.97. The number of ether oxygens (including phenoxy) is 3. The molecular weight excluding hydrogens is 752 g/mol. The highest BCUT2D eigenvalue weighted by Crippen LogP contribution is 2.42. The number of hydrogen-bond acceptors (Lipinski definition) is 8. The number of para-hydroxylation sites is 1. The number of benzene rings is 3. The summed E-state index contributed by atoms with van der Waals surface area (Å²) in [5.74, 6) is 1.22. The molecule has 1 amide bonds. The molecular formula is C30H23Br3N4O6. The predicted molar refractivity (Wildman–Crippen MR) is 173 cm³/mol.